The SMILES string of the molecule is CC(O/N=C(\N)c1ccsc1)C(=O)N(C)C1CCCCC1. The van der Waals surface area contributed by atoms with E-state index >= 15 is 0 Å². The van der Waals surface area contributed by atoms with E-state index in [1.165, 1.54) is 19.3 Å². The molecule has 2 rings (SSSR count). The molecule has 1 aliphatic rings. The topological polar surface area (TPSA) is 67.9 Å². The summed E-state index contributed by atoms with van der Waals surface area (Å²) in [5, 5.41) is 7.68. The van der Waals surface area contributed by atoms with Crippen LogP contribution in [0.4, 0.5) is 0 Å². The van der Waals surface area contributed by atoms with Crippen LogP contribution in [0.15, 0.2) is 22.0 Å². The lowest BCUT2D eigenvalue weighted by molar-refractivity contribution is -0.144. The Balaban J connectivity index is 1.88. The van der Waals surface area contributed by atoms with Crippen LogP contribution in [0.5, 0.6) is 0 Å². The highest BCUT2D eigenvalue weighted by atomic mass is 32.1. The van der Waals surface area contributed by atoms with Crippen LogP contribution in [-0.2, 0) is 9.63 Å². The van der Waals surface area contributed by atoms with E-state index in [0.29, 0.717) is 11.9 Å². The van der Waals surface area contributed by atoms with Crippen LogP contribution in [0.3, 0.4) is 0 Å². The summed E-state index contributed by atoms with van der Waals surface area (Å²) >= 11 is 1.54. The lowest BCUT2D eigenvalue weighted by Gasteiger charge is -2.32. The van der Waals surface area contributed by atoms with E-state index < -0.39 is 6.10 Å². The van der Waals surface area contributed by atoms with Gasteiger partial charge in [0.15, 0.2) is 5.84 Å². The van der Waals surface area contributed by atoms with Crippen LogP contribution in [-0.4, -0.2) is 35.8 Å². The molecule has 1 heterocycles. The molecule has 0 saturated heterocycles. The number of amidine groups is 1. The molecule has 0 radical (unpaired) electrons. The molecule has 1 aromatic heterocycles. The molecule has 1 atom stereocenters. The molecule has 1 aromatic rings. The Morgan fingerprint density at radius 3 is 2.81 bits per heavy atom. The highest BCUT2D eigenvalue weighted by Gasteiger charge is 2.26. The van der Waals surface area contributed by atoms with Crippen molar-refractivity contribution in [2.75, 3.05) is 7.05 Å². The molecule has 1 aliphatic carbocycles. The molecular formula is C15H23N3O2S. The average Bonchev–Trinajstić information content (AvgIpc) is 3.06. The number of carbonyl (C=O) groups is 1. The van der Waals surface area contributed by atoms with Crippen molar-refractivity contribution in [2.24, 2.45) is 10.9 Å². The number of nitrogens with zero attached hydrogens (tertiary/aromatic N) is 2. The smallest absolute Gasteiger partial charge is 0.266 e. The molecule has 6 heteroatoms. The fraction of sp³-hybridized carbons (Fsp3) is 0.600. The minimum absolute atomic E-state index is 0.0382. The quantitative estimate of drug-likeness (QED) is 0.516. The van der Waals surface area contributed by atoms with Gasteiger partial charge in [0.2, 0.25) is 6.10 Å². The molecule has 1 saturated carbocycles. The van der Waals surface area contributed by atoms with Crippen molar-refractivity contribution in [3.63, 3.8) is 0 Å². The number of thiophene rings is 1. The summed E-state index contributed by atoms with van der Waals surface area (Å²) in [6.45, 7) is 1.71. The van der Waals surface area contributed by atoms with Crippen molar-refractivity contribution in [1.29, 1.82) is 0 Å². The first-order valence-electron chi connectivity index (χ1n) is 7.38. The van der Waals surface area contributed by atoms with E-state index in [1.54, 1.807) is 23.2 Å². The zero-order valence-electron chi connectivity index (χ0n) is 12.6. The number of likely N-dealkylation sites (N-methyl/N-ethyl adjacent to an activating group) is 1. The van der Waals surface area contributed by atoms with E-state index in [9.17, 15) is 4.79 Å². The zero-order chi connectivity index (χ0) is 15.2. The van der Waals surface area contributed by atoms with Gasteiger partial charge in [0, 0.05) is 24.0 Å². The van der Waals surface area contributed by atoms with Gasteiger partial charge in [0.1, 0.15) is 0 Å². The highest BCUT2D eigenvalue weighted by Crippen LogP contribution is 2.22. The Labute approximate surface area is 129 Å². The first-order valence-corrected chi connectivity index (χ1v) is 8.32. The standard InChI is InChI=1S/C15H23N3O2S/c1-11(20-17-14(16)12-8-9-21-10-12)15(19)18(2)13-6-4-3-5-7-13/h8-11,13H,3-7H2,1-2H3,(H2,16,17). The zero-order valence-corrected chi connectivity index (χ0v) is 13.4. The number of carbonyl (C=O) groups excluding carboxylic acids is 1. The van der Waals surface area contributed by atoms with Gasteiger partial charge >= 0.3 is 0 Å². The third kappa shape index (κ3) is 4.20. The first-order chi connectivity index (χ1) is 10.1. The van der Waals surface area contributed by atoms with Crippen LogP contribution < -0.4 is 5.73 Å². The molecule has 5 nitrogen and oxygen atoms in total. The van der Waals surface area contributed by atoms with Crippen LogP contribution in [0.1, 0.15) is 44.6 Å². The molecule has 116 valence electrons. The summed E-state index contributed by atoms with van der Waals surface area (Å²) in [5.74, 6) is 0.264. The Morgan fingerprint density at radius 1 is 1.48 bits per heavy atom. The fourth-order valence-electron chi connectivity index (χ4n) is 2.58. The van der Waals surface area contributed by atoms with E-state index in [-0.39, 0.29) is 5.91 Å². The highest BCUT2D eigenvalue weighted by molar-refractivity contribution is 7.08. The number of hydrogen-bond donors (Lipinski definition) is 1. The Hall–Kier alpha value is -1.56. The maximum atomic E-state index is 12.3. The van der Waals surface area contributed by atoms with Gasteiger partial charge in [-0.3, -0.25) is 4.79 Å². The lowest BCUT2D eigenvalue weighted by Crippen LogP contribution is -2.43. The predicted octanol–water partition coefficient (Wildman–Crippen LogP) is 2.56. The molecule has 0 aromatic carbocycles. The van der Waals surface area contributed by atoms with Crippen LogP contribution in [0.25, 0.3) is 0 Å². The molecule has 1 unspecified atom stereocenters. The van der Waals surface area contributed by atoms with Crippen molar-refractivity contribution >= 4 is 23.1 Å². The maximum Gasteiger partial charge on any atom is 0.266 e. The molecule has 0 bridgehead atoms. The van der Waals surface area contributed by atoms with E-state index in [0.717, 1.165) is 18.4 Å². The van der Waals surface area contributed by atoms with Gasteiger partial charge in [-0.05, 0) is 31.2 Å². The summed E-state index contributed by atoms with van der Waals surface area (Å²) in [6.07, 6.45) is 5.20. The minimum Gasteiger partial charge on any atom is -0.381 e. The normalized spacial score (nSPS) is 18.3. The van der Waals surface area contributed by atoms with E-state index in [2.05, 4.69) is 5.16 Å². The average molecular weight is 309 g/mol. The second-order valence-corrected chi connectivity index (χ2v) is 6.26. The second kappa shape index (κ2) is 7.45. The molecule has 0 aliphatic heterocycles. The van der Waals surface area contributed by atoms with Crippen molar-refractivity contribution in [1.82, 2.24) is 4.90 Å². The molecular weight excluding hydrogens is 286 g/mol. The monoisotopic (exact) mass is 309 g/mol. The summed E-state index contributed by atoms with van der Waals surface area (Å²) in [7, 11) is 1.85. The third-order valence-electron chi connectivity index (χ3n) is 3.94. The molecule has 1 amide bonds. The fourth-order valence-corrected chi connectivity index (χ4v) is 3.23. The first kappa shape index (κ1) is 15.8. The van der Waals surface area contributed by atoms with Crippen LogP contribution in [0, 0.1) is 0 Å². The predicted molar refractivity (Wildman–Crippen MR) is 85.2 cm³/mol. The number of oxime groups is 1. The summed E-state index contributed by atoms with van der Waals surface area (Å²) in [6, 6.07) is 2.20. The molecule has 2 N–H and O–H groups in total. The number of nitrogens with two attached hydrogens (primary N) is 1. The van der Waals surface area contributed by atoms with E-state index in [4.69, 9.17) is 10.6 Å². The van der Waals surface area contributed by atoms with Crippen molar-refractivity contribution in [3.8, 4) is 0 Å². The van der Waals surface area contributed by atoms with Crippen molar-refractivity contribution in [2.45, 2.75) is 51.2 Å². The maximum absolute atomic E-state index is 12.3. The van der Waals surface area contributed by atoms with Crippen LogP contribution in [0.2, 0.25) is 0 Å². The Bertz CT molecular complexity index is 481. The van der Waals surface area contributed by atoms with Gasteiger partial charge in [-0.1, -0.05) is 24.4 Å². The second-order valence-electron chi connectivity index (χ2n) is 5.48. The van der Waals surface area contributed by atoms with E-state index in [1.807, 2.05) is 23.9 Å². The summed E-state index contributed by atoms with van der Waals surface area (Å²) < 4.78 is 0. The van der Waals surface area contributed by atoms with Crippen molar-refractivity contribution < 1.29 is 9.63 Å². The number of amides is 1. The van der Waals surface area contributed by atoms with Crippen molar-refractivity contribution in [3.05, 3.63) is 22.4 Å². The minimum atomic E-state index is -0.617. The third-order valence-corrected chi connectivity index (χ3v) is 4.63. The summed E-state index contributed by atoms with van der Waals surface area (Å²) in [4.78, 5) is 19.4. The molecule has 21 heavy (non-hydrogen) atoms. The van der Waals surface area contributed by atoms with Gasteiger partial charge < -0.3 is 15.5 Å². The van der Waals surface area contributed by atoms with Gasteiger partial charge in [0.05, 0.1) is 0 Å². The Morgan fingerprint density at radius 2 is 2.19 bits per heavy atom. The number of rotatable bonds is 5. The Kier molecular flexibility index (Phi) is 5.61. The largest absolute Gasteiger partial charge is 0.381 e. The van der Waals surface area contributed by atoms with Gasteiger partial charge in [-0.15, -0.1) is 0 Å². The van der Waals surface area contributed by atoms with Gasteiger partial charge in [-0.2, -0.15) is 11.3 Å². The van der Waals surface area contributed by atoms with Gasteiger partial charge in [-0.25, -0.2) is 0 Å². The molecule has 1 fully saturated rings. The summed E-state index contributed by atoms with van der Waals surface area (Å²) in [5.41, 5.74) is 6.63. The van der Waals surface area contributed by atoms with Gasteiger partial charge in [0.25, 0.3) is 5.91 Å². The lowest BCUT2D eigenvalue weighted by atomic mass is 9.94. The van der Waals surface area contributed by atoms with Crippen LogP contribution >= 0.6 is 11.3 Å². The number of hydrogen-bond acceptors (Lipinski definition) is 4. The molecule has 0 spiro atoms.